The summed E-state index contributed by atoms with van der Waals surface area (Å²) in [5.41, 5.74) is 6.70. The Labute approximate surface area is 147 Å². The third-order valence-electron chi connectivity index (χ3n) is 4.53. The number of aryl methyl sites for hydroxylation is 2. The average molecular weight is 326 g/mol. The monoisotopic (exact) mass is 326 g/mol. The average Bonchev–Trinajstić information content (AvgIpc) is 3.42. The van der Waals surface area contributed by atoms with Gasteiger partial charge in [0.05, 0.1) is 5.69 Å². The van der Waals surface area contributed by atoms with Gasteiger partial charge in [0.2, 0.25) is 5.78 Å². The molecular formula is C22H18N2O. The van der Waals surface area contributed by atoms with Gasteiger partial charge in [-0.2, -0.15) is 0 Å². The van der Waals surface area contributed by atoms with Crippen LogP contribution in [0.2, 0.25) is 0 Å². The second kappa shape index (κ2) is 6.10. The van der Waals surface area contributed by atoms with Gasteiger partial charge >= 0.3 is 0 Å². The molecule has 3 heteroatoms. The fourth-order valence-corrected chi connectivity index (χ4v) is 3.03. The van der Waals surface area contributed by atoms with Crippen molar-refractivity contribution in [3.05, 3.63) is 89.1 Å². The van der Waals surface area contributed by atoms with E-state index in [-0.39, 0.29) is 11.8 Å². The summed E-state index contributed by atoms with van der Waals surface area (Å²) in [7, 11) is 0. The van der Waals surface area contributed by atoms with E-state index < -0.39 is 0 Å². The van der Waals surface area contributed by atoms with Gasteiger partial charge in [-0.1, -0.05) is 48.5 Å². The molecule has 0 saturated heterocycles. The highest BCUT2D eigenvalue weighted by Gasteiger charge is 2.36. The number of carbonyl (C=O) groups is 1. The second-order valence-electron chi connectivity index (χ2n) is 6.40. The van der Waals surface area contributed by atoms with Gasteiger partial charge in [0.15, 0.2) is 0 Å². The molecule has 1 aliphatic rings. The Balaban J connectivity index is 1.52. The highest BCUT2D eigenvalue weighted by molar-refractivity contribution is 6.52. The van der Waals surface area contributed by atoms with Crippen molar-refractivity contribution >= 4 is 11.5 Å². The van der Waals surface area contributed by atoms with Gasteiger partial charge in [0.1, 0.15) is 11.8 Å². The maximum absolute atomic E-state index is 12.7. The minimum absolute atomic E-state index is 0.0111. The van der Waals surface area contributed by atoms with Crippen LogP contribution in [0.5, 0.6) is 0 Å². The Morgan fingerprint density at radius 1 is 0.960 bits per heavy atom. The van der Waals surface area contributed by atoms with Gasteiger partial charge in [0.25, 0.3) is 0 Å². The molecule has 122 valence electrons. The third-order valence-corrected chi connectivity index (χ3v) is 4.53. The molecule has 25 heavy (non-hydrogen) atoms. The van der Waals surface area contributed by atoms with Crippen LogP contribution in [0, 0.1) is 13.8 Å². The van der Waals surface area contributed by atoms with Gasteiger partial charge in [-0.05, 0) is 42.7 Å². The molecule has 1 aromatic heterocycles. The summed E-state index contributed by atoms with van der Waals surface area (Å²) in [5.74, 6) is 0.0111. The van der Waals surface area contributed by atoms with E-state index in [0.29, 0.717) is 11.3 Å². The first-order valence-corrected chi connectivity index (χ1v) is 8.34. The van der Waals surface area contributed by atoms with Gasteiger partial charge in [0, 0.05) is 17.3 Å². The number of benzene rings is 2. The van der Waals surface area contributed by atoms with Crippen molar-refractivity contribution in [1.29, 1.82) is 0 Å². The van der Waals surface area contributed by atoms with Gasteiger partial charge in [-0.25, -0.2) is 0 Å². The maximum Gasteiger partial charge on any atom is 0.209 e. The van der Waals surface area contributed by atoms with Crippen LogP contribution < -0.4 is 0 Å². The van der Waals surface area contributed by atoms with E-state index in [1.807, 2.05) is 61.5 Å². The zero-order valence-electron chi connectivity index (χ0n) is 14.2. The molecule has 2 aromatic carbocycles. The topological polar surface area (TPSA) is 42.3 Å². The minimum atomic E-state index is -0.0770. The predicted molar refractivity (Wildman–Crippen MR) is 100 cm³/mol. The molecular weight excluding hydrogens is 308 g/mol. The quantitative estimate of drug-likeness (QED) is 0.650. The van der Waals surface area contributed by atoms with Crippen LogP contribution in [-0.4, -0.2) is 16.5 Å². The Kier molecular flexibility index (Phi) is 3.77. The summed E-state index contributed by atoms with van der Waals surface area (Å²) in [6.07, 6.45) is 1.80. The van der Waals surface area contributed by atoms with E-state index in [0.717, 1.165) is 16.8 Å². The highest BCUT2D eigenvalue weighted by atomic mass is 16.1. The molecule has 1 unspecified atom stereocenters. The first-order valence-electron chi connectivity index (χ1n) is 8.34. The standard InChI is InChI=1S/C22H18N2O/c1-14-11-12-23-19(13-14)16-7-9-17(10-8-16)22(25)21-20(24-21)18-6-4-3-5-15(18)2/h3-13,20H,1-2H3. The van der Waals surface area contributed by atoms with Gasteiger partial charge in [-0.3, -0.25) is 14.8 Å². The Morgan fingerprint density at radius 2 is 1.72 bits per heavy atom. The molecule has 4 rings (SSSR count). The fraction of sp³-hybridized carbons (Fsp3) is 0.136. The normalized spacial score (nSPS) is 15.6. The summed E-state index contributed by atoms with van der Waals surface area (Å²) >= 11 is 0. The lowest BCUT2D eigenvalue weighted by Gasteiger charge is -2.04. The van der Waals surface area contributed by atoms with Crippen molar-refractivity contribution in [1.82, 2.24) is 4.98 Å². The van der Waals surface area contributed by atoms with E-state index in [2.05, 4.69) is 23.0 Å². The molecule has 0 bridgehead atoms. The Morgan fingerprint density at radius 3 is 2.44 bits per heavy atom. The molecule has 0 saturated carbocycles. The van der Waals surface area contributed by atoms with Crippen LogP contribution in [0.3, 0.4) is 0 Å². The van der Waals surface area contributed by atoms with Crippen molar-refractivity contribution in [2.45, 2.75) is 19.9 Å². The van der Waals surface area contributed by atoms with Gasteiger partial charge < -0.3 is 0 Å². The molecule has 3 aromatic rings. The number of aromatic nitrogens is 1. The van der Waals surface area contributed by atoms with Crippen molar-refractivity contribution in [2.75, 3.05) is 0 Å². The summed E-state index contributed by atoms with van der Waals surface area (Å²) in [6, 6.07) is 19.6. The summed E-state index contributed by atoms with van der Waals surface area (Å²) in [4.78, 5) is 21.5. The number of Topliss-reactive ketones (excluding diaryl/α,β-unsaturated/α-hetero) is 1. The minimum Gasteiger partial charge on any atom is -0.287 e. The number of nitrogens with zero attached hydrogens (tertiary/aromatic N) is 2. The summed E-state index contributed by atoms with van der Waals surface area (Å²) < 4.78 is 0. The SMILES string of the molecule is Cc1ccnc(-c2ccc(C(=O)C3=NC3c3ccccc3C)cc2)c1. The smallest absolute Gasteiger partial charge is 0.209 e. The first kappa shape index (κ1) is 15.5. The zero-order valence-corrected chi connectivity index (χ0v) is 14.2. The second-order valence-corrected chi connectivity index (χ2v) is 6.40. The number of hydrogen-bond acceptors (Lipinski definition) is 3. The molecule has 0 spiro atoms. The van der Waals surface area contributed by atoms with E-state index in [1.54, 1.807) is 6.20 Å². The third kappa shape index (κ3) is 3.01. The van der Waals surface area contributed by atoms with Crippen LogP contribution >= 0.6 is 0 Å². The van der Waals surface area contributed by atoms with Crippen LogP contribution in [-0.2, 0) is 0 Å². The van der Waals surface area contributed by atoms with Crippen LogP contribution in [0.15, 0.2) is 71.9 Å². The molecule has 0 N–H and O–H groups in total. The summed E-state index contributed by atoms with van der Waals surface area (Å²) in [6.45, 7) is 4.09. The van der Waals surface area contributed by atoms with Crippen LogP contribution in [0.4, 0.5) is 0 Å². The van der Waals surface area contributed by atoms with Crippen LogP contribution in [0.25, 0.3) is 11.3 Å². The van der Waals surface area contributed by atoms with Crippen molar-refractivity contribution in [3.8, 4) is 11.3 Å². The van der Waals surface area contributed by atoms with Crippen molar-refractivity contribution < 1.29 is 4.79 Å². The highest BCUT2D eigenvalue weighted by Crippen LogP contribution is 2.35. The van der Waals surface area contributed by atoms with Crippen molar-refractivity contribution in [3.63, 3.8) is 0 Å². The Hall–Kier alpha value is -3.07. The molecule has 0 amide bonds. The number of hydrogen-bond donors (Lipinski definition) is 0. The summed E-state index contributed by atoms with van der Waals surface area (Å²) in [5, 5.41) is 0. The molecule has 1 aliphatic heterocycles. The lowest BCUT2D eigenvalue weighted by atomic mass is 9.98. The zero-order chi connectivity index (χ0) is 17.4. The lowest BCUT2D eigenvalue weighted by molar-refractivity contribution is 0.106. The largest absolute Gasteiger partial charge is 0.287 e. The predicted octanol–water partition coefficient (Wildman–Crippen LogP) is 4.74. The number of rotatable bonds is 4. The van der Waals surface area contributed by atoms with Crippen LogP contribution in [0.1, 0.15) is 33.1 Å². The fourth-order valence-electron chi connectivity index (χ4n) is 3.03. The number of carbonyl (C=O) groups excluding carboxylic acids is 1. The Bertz CT molecular complexity index is 987. The molecule has 0 radical (unpaired) electrons. The lowest BCUT2D eigenvalue weighted by Crippen LogP contribution is -2.08. The van der Waals surface area contributed by atoms with E-state index in [4.69, 9.17) is 0 Å². The number of pyridine rings is 1. The van der Waals surface area contributed by atoms with Gasteiger partial charge in [-0.15, -0.1) is 0 Å². The molecule has 0 aliphatic carbocycles. The number of ketones is 1. The molecule has 0 fully saturated rings. The molecule has 2 heterocycles. The van der Waals surface area contributed by atoms with E-state index in [1.165, 1.54) is 11.1 Å². The van der Waals surface area contributed by atoms with E-state index in [9.17, 15) is 4.79 Å². The number of aliphatic imine (C=N–C) groups is 1. The molecule has 3 nitrogen and oxygen atoms in total. The van der Waals surface area contributed by atoms with Crippen molar-refractivity contribution in [2.24, 2.45) is 4.99 Å². The van der Waals surface area contributed by atoms with E-state index >= 15 is 0 Å². The maximum atomic E-state index is 12.7. The molecule has 1 atom stereocenters. The first-order chi connectivity index (χ1) is 12.1.